The molecule has 1 aromatic rings. The van der Waals surface area contributed by atoms with Crippen LogP contribution in [0.5, 0.6) is 0 Å². The highest BCUT2D eigenvalue weighted by atomic mass is 33.1. The molecule has 0 fully saturated rings. The van der Waals surface area contributed by atoms with Crippen LogP contribution >= 0.6 is 21.6 Å². The van der Waals surface area contributed by atoms with Gasteiger partial charge in [0.15, 0.2) is 8.32 Å². The number of nitrogens with zero attached hydrogens (tertiary/aromatic N) is 1. The maximum absolute atomic E-state index is 6.12. The van der Waals surface area contributed by atoms with Crippen LogP contribution < -0.4 is 0 Å². The van der Waals surface area contributed by atoms with Crippen molar-refractivity contribution in [2.24, 2.45) is 0 Å². The van der Waals surface area contributed by atoms with E-state index in [0.717, 1.165) is 17.4 Å². The van der Waals surface area contributed by atoms with Gasteiger partial charge in [0.1, 0.15) is 5.03 Å². The quantitative estimate of drug-likeness (QED) is 0.426. The van der Waals surface area contributed by atoms with E-state index in [2.05, 4.69) is 38.8 Å². The fourth-order valence-corrected chi connectivity index (χ4v) is 3.94. The summed E-state index contributed by atoms with van der Waals surface area (Å²) < 4.78 is 6.12. The molecule has 0 aliphatic carbocycles. The number of hydrogen-bond acceptors (Lipinski definition) is 4. The summed E-state index contributed by atoms with van der Waals surface area (Å²) in [5.74, 6) is 1.01. The predicted molar refractivity (Wildman–Crippen MR) is 85.7 cm³/mol. The second-order valence-electron chi connectivity index (χ2n) is 5.68. The van der Waals surface area contributed by atoms with Crippen molar-refractivity contribution in [1.29, 1.82) is 0 Å². The van der Waals surface area contributed by atoms with Crippen molar-refractivity contribution < 1.29 is 4.43 Å². The summed E-state index contributed by atoms with van der Waals surface area (Å²) in [4.78, 5) is 4.27. The molecule has 5 heteroatoms. The van der Waals surface area contributed by atoms with Gasteiger partial charge in [0.25, 0.3) is 0 Å². The zero-order valence-electron chi connectivity index (χ0n) is 11.9. The molecule has 0 N–H and O–H groups in total. The average molecular weight is 302 g/mol. The SMILES string of the molecule is CC(C)(C)[Si](C)(C)OCCSSc1ccccn1. The van der Waals surface area contributed by atoms with Crippen LogP contribution in [0.25, 0.3) is 0 Å². The van der Waals surface area contributed by atoms with Crippen LogP contribution in [0.3, 0.4) is 0 Å². The molecule has 0 unspecified atom stereocenters. The van der Waals surface area contributed by atoms with Crippen molar-refractivity contribution in [2.45, 2.75) is 43.9 Å². The fraction of sp³-hybridized carbons (Fsp3) is 0.615. The molecular formula is C13H23NOS2Si. The molecule has 0 atom stereocenters. The smallest absolute Gasteiger partial charge is 0.192 e. The number of rotatable bonds is 6. The minimum atomic E-state index is -1.57. The molecule has 0 bridgehead atoms. The third-order valence-corrected chi connectivity index (χ3v) is 9.99. The van der Waals surface area contributed by atoms with Crippen LogP contribution in [0.4, 0.5) is 0 Å². The van der Waals surface area contributed by atoms with Crippen LogP contribution in [0.1, 0.15) is 20.8 Å². The summed E-state index contributed by atoms with van der Waals surface area (Å²) in [6, 6.07) is 5.99. The zero-order valence-corrected chi connectivity index (χ0v) is 14.5. The van der Waals surface area contributed by atoms with Gasteiger partial charge in [0, 0.05) is 18.6 Å². The Morgan fingerprint density at radius 3 is 2.56 bits per heavy atom. The van der Waals surface area contributed by atoms with Crippen molar-refractivity contribution in [2.75, 3.05) is 12.4 Å². The lowest BCUT2D eigenvalue weighted by molar-refractivity contribution is 0.311. The third kappa shape index (κ3) is 5.34. The van der Waals surface area contributed by atoms with Crippen LogP contribution in [0.2, 0.25) is 18.1 Å². The van der Waals surface area contributed by atoms with Gasteiger partial charge in [-0.2, -0.15) is 0 Å². The van der Waals surface area contributed by atoms with Crippen molar-refractivity contribution in [3.63, 3.8) is 0 Å². The molecule has 0 radical (unpaired) electrons. The van der Waals surface area contributed by atoms with Gasteiger partial charge in [0.05, 0.1) is 0 Å². The molecule has 0 amide bonds. The summed E-state index contributed by atoms with van der Waals surface area (Å²) in [7, 11) is 1.96. The summed E-state index contributed by atoms with van der Waals surface area (Å²) in [6.45, 7) is 12.2. The lowest BCUT2D eigenvalue weighted by atomic mass is 10.2. The highest BCUT2D eigenvalue weighted by Crippen LogP contribution is 2.37. The summed E-state index contributed by atoms with van der Waals surface area (Å²) in [5, 5.41) is 1.36. The van der Waals surface area contributed by atoms with Gasteiger partial charge in [-0.15, -0.1) is 0 Å². The molecule has 1 aromatic heterocycles. The predicted octanol–water partition coefficient (Wildman–Crippen LogP) is 4.84. The number of aromatic nitrogens is 1. The van der Waals surface area contributed by atoms with E-state index in [4.69, 9.17) is 4.43 Å². The van der Waals surface area contributed by atoms with Gasteiger partial charge < -0.3 is 4.43 Å². The van der Waals surface area contributed by atoms with Gasteiger partial charge in [-0.3, -0.25) is 0 Å². The summed E-state index contributed by atoms with van der Waals surface area (Å²) >= 11 is 0. The lowest BCUT2D eigenvalue weighted by Gasteiger charge is -2.36. The standard InChI is InChI=1S/C13H23NOS2Si/c1-13(2,3)18(4,5)15-10-11-16-17-12-8-6-7-9-14-12/h6-9H,10-11H2,1-5H3. The molecule has 1 rings (SSSR count). The minimum absolute atomic E-state index is 0.297. The Hall–Kier alpha value is 0.0269. The Balaban J connectivity index is 2.20. The Morgan fingerprint density at radius 2 is 2.00 bits per heavy atom. The zero-order chi connectivity index (χ0) is 13.6. The first-order valence-corrected chi connectivity index (χ1v) is 11.4. The van der Waals surface area contributed by atoms with E-state index in [1.165, 1.54) is 0 Å². The monoisotopic (exact) mass is 301 g/mol. The summed E-state index contributed by atoms with van der Waals surface area (Å²) in [5.41, 5.74) is 0. The molecule has 0 aliphatic rings. The van der Waals surface area contributed by atoms with E-state index in [1.54, 1.807) is 10.8 Å². The number of pyridine rings is 1. The first-order chi connectivity index (χ1) is 8.33. The van der Waals surface area contributed by atoms with E-state index in [1.807, 2.05) is 35.2 Å². The van der Waals surface area contributed by atoms with Gasteiger partial charge >= 0.3 is 0 Å². The van der Waals surface area contributed by atoms with Crippen molar-refractivity contribution in [3.05, 3.63) is 24.4 Å². The van der Waals surface area contributed by atoms with E-state index >= 15 is 0 Å². The second kappa shape index (κ2) is 6.98. The van der Waals surface area contributed by atoms with Crippen LogP contribution in [0.15, 0.2) is 29.4 Å². The van der Waals surface area contributed by atoms with Crippen molar-refractivity contribution >= 4 is 29.9 Å². The minimum Gasteiger partial charge on any atom is -0.416 e. The Morgan fingerprint density at radius 1 is 1.28 bits per heavy atom. The topological polar surface area (TPSA) is 22.1 Å². The Bertz CT molecular complexity index is 352. The maximum atomic E-state index is 6.12. The van der Waals surface area contributed by atoms with Crippen LogP contribution in [0, 0.1) is 0 Å². The maximum Gasteiger partial charge on any atom is 0.192 e. The molecule has 0 saturated heterocycles. The molecule has 2 nitrogen and oxygen atoms in total. The van der Waals surface area contributed by atoms with Gasteiger partial charge in [0.2, 0.25) is 0 Å². The van der Waals surface area contributed by atoms with E-state index < -0.39 is 8.32 Å². The molecule has 0 aromatic carbocycles. The van der Waals surface area contributed by atoms with Crippen molar-refractivity contribution in [3.8, 4) is 0 Å². The molecule has 1 heterocycles. The van der Waals surface area contributed by atoms with Crippen LogP contribution in [-0.2, 0) is 4.43 Å². The summed E-state index contributed by atoms with van der Waals surface area (Å²) in [6.07, 6.45) is 1.83. The van der Waals surface area contributed by atoms with E-state index in [0.29, 0.717) is 5.04 Å². The fourth-order valence-electron chi connectivity index (χ4n) is 1.05. The first kappa shape index (κ1) is 16.1. The first-order valence-electron chi connectivity index (χ1n) is 6.17. The molecule has 0 saturated carbocycles. The van der Waals surface area contributed by atoms with E-state index in [9.17, 15) is 0 Å². The van der Waals surface area contributed by atoms with E-state index in [-0.39, 0.29) is 0 Å². The number of hydrogen-bond donors (Lipinski definition) is 0. The highest BCUT2D eigenvalue weighted by molar-refractivity contribution is 8.76. The van der Waals surface area contributed by atoms with Crippen LogP contribution in [-0.4, -0.2) is 25.7 Å². The highest BCUT2D eigenvalue weighted by Gasteiger charge is 2.36. The van der Waals surface area contributed by atoms with Gasteiger partial charge in [-0.05, 0) is 41.1 Å². The molecule has 102 valence electrons. The largest absolute Gasteiger partial charge is 0.416 e. The Kier molecular flexibility index (Phi) is 6.24. The Labute approximate surface area is 120 Å². The molecule has 0 aliphatic heterocycles. The normalized spacial score (nSPS) is 12.7. The average Bonchev–Trinajstić information content (AvgIpc) is 2.28. The molecular weight excluding hydrogens is 278 g/mol. The van der Waals surface area contributed by atoms with Gasteiger partial charge in [-0.25, -0.2) is 4.98 Å². The third-order valence-electron chi connectivity index (χ3n) is 3.22. The van der Waals surface area contributed by atoms with Gasteiger partial charge in [-0.1, -0.05) is 37.6 Å². The molecule has 0 spiro atoms. The van der Waals surface area contributed by atoms with Crippen molar-refractivity contribution in [1.82, 2.24) is 4.98 Å². The lowest BCUT2D eigenvalue weighted by Crippen LogP contribution is -2.41. The second-order valence-corrected chi connectivity index (χ2v) is 12.9. The molecule has 18 heavy (non-hydrogen) atoms.